The van der Waals surface area contributed by atoms with E-state index in [0.29, 0.717) is 17.6 Å². The van der Waals surface area contributed by atoms with Crippen molar-refractivity contribution in [2.45, 2.75) is 25.3 Å². The molecule has 1 aliphatic heterocycles. The predicted octanol–water partition coefficient (Wildman–Crippen LogP) is 4.74. The Morgan fingerprint density at radius 2 is 2.08 bits per heavy atom. The Hall–Kier alpha value is -2.82. The molecule has 128 valence electrons. The Morgan fingerprint density at radius 1 is 1.24 bits per heavy atom. The lowest BCUT2D eigenvalue weighted by molar-refractivity contribution is -0.385. The smallest absolute Gasteiger partial charge is 0.311 e. The van der Waals surface area contributed by atoms with Crippen molar-refractivity contribution in [3.8, 4) is 5.75 Å². The van der Waals surface area contributed by atoms with Gasteiger partial charge in [-0.2, -0.15) is 0 Å². The van der Waals surface area contributed by atoms with Crippen molar-refractivity contribution in [3.05, 3.63) is 75.4 Å². The Kier molecular flexibility index (Phi) is 3.71. The molecule has 1 N–H and O–H groups in total. The van der Waals surface area contributed by atoms with Crippen LogP contribution in [0.15, 0.2) is 48.6 Å². The predicted molar refractivity (Wildman–Crippen MR) is 97.2 cm³/mol. The number of nitro benzene ring substituents is 1. The van der Waals surface area contributed by atoms with Crippen molar-refractivity contribution in [1.29, 1.82) is 0 Å². The number of ether oxygens (including phenoxy) is 1. The molecule has 2 aromatic rings. The van der Waals surface area contributed by atoms with Gasteiger partial charge in [0.2, 0.25) is 0 Å². The SMILES string of the molecule is COc1ccc([C@H]2Nc3ccc(C)cc3C3C=CCC32)cc1[N+](=O)[O-]. The summed E-state index contributed by atoms with van der Waals surface area (Å²) in [5.41, 5.74) is 4.62. The van der Waals surface area contributed by atoms with E-state index in [4.69, 9.17) is 4.74 Å². The summed E-state index contributed by atoms with van der Waals surface area (Å²) in [6, 6.07) is 11.7. The van der Waals surface area contributed by atoms with E-state index in [0.717, 1.165) is 17.7 Å². The van der Waals surface area contributed by atoms with Crippen molar-refractivity contribution in [3.63, 3.8) is 0 Å². The van der Waals surface area contributed by atoms with Crippen LogP contribution in [0.3, 0.4) is 0 Å². The minimum Gasteiger partial charge on any atom is -0.490 e. The van der Waals surface area contributed by atoms with Crippen LogP contribution in [0.1, 0.15) is 35.1 Å². The summed E-state index contributed by atoms with van der Waals surface area (Å²) in [5, 5.41) is 15.0. The lowest BCUT2D eigenvalue weighted by Gasteiger charge is -2.37. The molecule has 5 heteroatoms. The number of fused-ring (bicyclic) bond motifs is 3. The Balaban J connectivity index is 1.78. The van der Waals surface area contributed by atoms with Crippen molar-refractivity contribution >= 4 is 11.4 Å². The first-order valence-corrected chi connectivity index (χ1v) is 8.44. The van der Waals surface area contributed by atoms with E-state index in [9.17, 15) is 10.1 Å². The van der Waals surface area contributed by atoms with Crippen molar-refractivity contribution in [2.24, 2.45) is 5.92 Å². The fourth-order valence-electron chi connectivity index (χ4n) is 4.09. The molecule has 2 unspecified atom stereocenters. The number of hydrogen-bond donors (Lipinski definition) is 1. The van der Waals surface area contributed by atoms with Crippen molar-refractivity contribution in [2.75, 3.05) is 12.4 Å². The van der Waals surface area contributed by atoms with Crippen LogP contribution in [0.25, 0.3) is 0 Å². The lowest BCUT2D eigenvalue weighted by Crippen LogP contribution is -2.29. The molecule has 0 fully saturated rings. The third kappa shape index (κ3) is 2.56. The maximum absolute atomic E-state index is 11.4. The first-order chi connectivity index (χ1) is 12.1. The summed E-state index contributed by atoms with van der Waals surface area (Å²) in [5.74, 6) is 1.01. The third-order valence-corrected chi connectivity index (χ3v) is 5.28. The number of nitro groups is 1. The van der Waals surface area contributed by atoms with Crippen LogP contribution < -0.4 is 10.1 Å². The first-order valence-electron chi connectivity index (χ1n) is 8.44. The number of nitrogens with one attached hydrogen (secondary N) is 1. The van der Waals surface area contributed by atoms with E-state index >= 15 is 0 Å². The van der Waals surface area contributed by atoms with Crippen LogP contribution in [0.2, 0.25) is 0 Å². The highest BCUT2D eigenvalue weighted by Crippen LogP contribution is 2.50. The second-order valence-electron chi connectivity index (χ2n) is 6.75. The molecule has 2 aliphatic rings. The second-order valence-corrected chi connectivity index (χ2v) is 6.75. The molecule has 2 aromatic carbocycles. The Labute approximate surface area is 146 Å². The molecule has 0 spiro atoms. The molecule has 0 saturated heterocycles. The van der Waals surface area contributed by atoms with Crippen LogP contribution in [-0.4, -0.2) is 12.0 Å². The van der Waals surface area contributed by atoms with E-state index < -0.39 is 0 Å². The second kappa shape index (κ2) is 5.92. The summed E-state index contributed by atoms with van der Waals surface area (Å²) in [6.45, 7) is 2.10. The van der Waals surface area contributed by atoms with Gasteiger partial charge in [0.1, 0.15) is 0 Å². The fourth-order valence-corrected chi connectivity index (χ4v) is 4.09. The average molecular weight is 336 g/mol. The van der Waals surface area contributed by atoms with E-state index in [1.165, 1.54) is 18.2 Å². The number of hydrogen-bond acceptors (Lipinski definition) is 4. The van der Waals surface area contributed by atoms with Crippen LogP contribution in [-0.2, 0) is 0 Å². The molecule has 3 atom stereocenters. The van der Waals surface area contributed by atoms with Gasteiger partial charge in [-0.05, 0) is 42.5 Å². The number of allylic oxidation sites excluding steroid dienone is 2. The molecule has 1 aliphatic carbocycles. The number of nitrogens with zero attached hydrogens (tertiary/aromatic N) is 1. The van der Waals surface area contributed by atoms with Gasteiger partial charge >= 0.3 is 5.69 Å². The molecule has 5 nitrogen and oxygen atoms in total. The van der Waals surface area contributed by atoms with Gasteiger partial charge in [-0.1, -0.05) is 35.9 Å². The van der Waals surface area contributed by atoms with Gasteiger partial charge in [0.05, 0.1) is 18.1 Å². The molecule has 0 saturated carbocycles. The van der Waals surface area contributed by atoms with Crippen molar-refractivity contribution in [1.82, 2.24) is 0 Å². The van der Waals surface area contributed by atoms with Gasteiger partial charge in [-0.3, -0.25) is 10.1 Å². The summed E-state index contributed by atoms with van der Waals surface area (Å²) in [7, 11) is 1.45. The van der Waals surface area contributed by atoms with Gasteiger partial charge < -0.3 is 10.1 Å². The topological polar surface area (TPSA) is 64.4 Å². The Morgan fingerprint density at radius 3 is 2.84 bits per heavy atom. The van der Waals surface area contributed by atoms with Gasteiger partial charge in [-0.25, -0.2) is 0 Å². The van der Waals surface area contributed by atoms with Gasteiger partial charge in [-0.15, -0.1) is 0 Å². The molecular weight excluding hydrogens is 316 g/mol. The standard InChI is InChI=1S/C20H20N2O3/c1-12-6-8-17-16(10-12)14-4-3-5-15(14)20(21-17)13-7-9-19(25-2)18(11-13)22(23)24/h3-4,6-11,14-15,20-21H,5H2,1-2H3/t14?,15?,20-/m1/s1. The molecule has 0 amide bonds. The maximum atomic E-state index is 11.4. The monoisotopic (exact) mass is 336 g/mol. The van der Waals surface area contributed by atoms with E-state index in [2.05, 4.69) is 42.6 Å². The number of anilines is 1. The molecule has 0 bridgehead atoms. The molecule has 0 radical (unpaired) electrons. The highest BCUT2D eigenvalue weighted by atomic mass is 16.6. The summed E-state index contributed by atoms with van der Waals surface area (Å²) in [6.07, 6.45) is 5.46. The summed E-state index contributed by atoms with van der Waals surface area (Å²) >= 11 is 0. The van der Waals surface area contributed by atoms with Crippen LogP contribution in [0, 0.1) is 23.0 Å². The normalized spacial score (nSPS) is 23.5. The number of benzene rings is 2. The number of rotatable bonds is 3. The average Bonchev–Trinajstić information content (AvgIpc) is 3.10. The highest BCUT2D eigenvalue weighted by molar-refractivity contribution is 5.61. The Bertz CT molecular complexity index is 875. The molecule has 25 heavy (non-hydrogen) atoms. The minimum absolute atomic E-state index is 0.0130. The fraction of sp³-hybridized carbons (Fsp3) is 0.300. The zero-order chi connectivity index (χ0) is 17.6. The third-order valence-electron chi connectivity index (χ3n) is 5.28. The van der Waals surface area contributed by atoms with Gasteiger partial charge in [0.25, 0.3) is 0 Å². The zero-order valence-corrected chi connectivity index (χ0v) is 14.2. The van der Waals surface area contributed by atoms with E-state index in [1.54, 1.807) is 12.1 Å². The van der Waals surface area contributed by atoms with Crippen molar-refractivity contribution < 1.29 is 9.66 Å². The van der Waals surface area contributed by atoms with Crippen LogP contribution in [0.5, 0.6) is 5.75 Å². The van der Waals surface area contributed by atoms with Crippen LogP contribution >= 0.6 is 0 Å². The molecule has 1 heterocycles. The molecule has 4 rings (SSSR count). The molecule has 0 aromatic heterocycles. The largest absolute Gasteiger partial charge is 0.490 e. The number of methoxy groups -OCH3 is 1. The minimum atomic E-state index is -0.382. The molecular formula is C20H20N2O3. The first kappa shape index (κ1) is 15.7. The quantitative estimate of drug-likeness (QED) is 0.499. The summed E-state index contributed by atoms with van der Waals surface area (Å²) in [4.78, 5) is 11.0. The summed E-state index contributed by atoms with van der Waals surface area (Å²) < 4.78 is 5.13. The van der Waals surface area contributed by atoms with E-state index in [1.807, 2.05) is 6.07 Å². The lowest BCUT2D eigenvalue weighted by atomic mass is 9.76. The van der Waals surface area contributed by atoms with Gasteiger partial charge in [0.15, 0.2) is 5.75 Å². The highest BCUT2D eigenvalue weighted by Gasteiger charge is 2.38. The van der Waals surface area contributed by atoms with Crippen LogP contribution in [0.4, 0.5) is 11.4 Å². The zero-order valence-electron chi connectivity index (χ0n) is 14.2. The van der Waals surface area contributed by atoms with Gasteiger partial charge in [0, 0.05) is 17.7 Å². The van der Waals surface area contributed by atoms with E-state index in [-0.39, 0.29) is 16.7 Å². The maximum Gasteiger partial charge on any atom is 0.311 e. The number of aryl methyl sites for hydroxylation is 1.